The number of halogens is 1. The summed E-state index contributed by atoms with van der Waals surface area (Å²) in [6.07, 6.45) is 0.0159. The molecule has 0 aliphatic carbocycles. The Labute approximate surface area is 111 Å². The van der Waals surface area contributed by atoms with Gasteiger partial charge in [-0.3, -0.25) is 0 Å². The van der Waals surface area contributed by atoms with Crippen molar-refractivity contribution in [3.8, 4) is 0 Å². The first-order valence-corrected chi connectivity index (χ1v) is 5.90. The van der Waals surface area contributed by atoms with Crippen molar-refractivity contribution < 1.29 is 14.3 Å². The minimum atomic E-state index is -0.739. The highest BCUT2D eigenvalue weighted by atomic mass is 35.5. The van der Waals surface area contributed by atoms with Crippen LogP contribution in [0.5, 0.6) is 0 Å². The molecule has 0 aromatic heterocycles. The fourth-order valence-electron chi connectivity index (χ4n) is 1.30. The van der Waals surface area contributed by atoms with Crippen molar-refractivity contribution in [1.82, 2.24) is 5.32 Å². The van der Waals surface area contributed by atoms with E-state index in [1.165, 1.54) is 0 Å². The predicted molar refractivity (Wildman–Crippen MR) is 69.6 cm³/mol. The van der Waals surface area contributed by atoms with E-state index < -0.39 is 17.7 Å². The summed E-state index contributed by atoms with van der Waals surface area (Å²) in [5.74, 6) is 0. The van der Waals surface area contributed by atoms with Gasteiger partial charge in [0.25, 0.3) is 0 Å². The molecule has 5 heteroatoms. The van der Waals surface area contributed by atoms with Gasteiger partial charge in [-0.25, -0.2) is 4.79 Å². The lowest BCUT2D eigenvalue weighted by Crippen LogP contribution is -2.35. The Morgan fingerprint density at radius 1 is 1.33 bits per heavy atom. The SMILES string of the molecule is CC(C)(C)OC(=O)NC(C=O)c1ccc(Cl)cc1. The summed E-state index contributed by atoms with van der Waals surface area (Å²) in [5.41, 5.74) is 0.0533. The standard InChI is InChI=1S/C13H16ClNO3/c1-13(2,3)18-12(17)15-11(8-16)9-4-6-10(14)7-5-9/h4-8,11H,1-3H3,(H,15,17). The second-order valence-corrected chi connectivity index (χ2v) is 5.25. The van der Waals surface area contributed by atoms with Gasteiger partial charge in [0.1, 0.15) is 17.9 Å². The normalized spacial score (nSPS) is 12.7. The van der Waals surface area contributed by atoms with E-state index in [9.17, 15) is 9.59 Å². The first kappa shape index (κ1) is 14.5. The van der Waals surface area contributed by atoms with E-state index in [1.807, 2.05) is 0 Å². The van der Waals surface area contributed by atoms with E-state index in [1.54, 1.807) is 45.0 Å². The van der Waals surface area contributed by atoms with Gasteiger partial charge in [0.15, 0.2) is 0 Å². The number of hydrogen-bond acceptors (Lipinski definition) is 3. The van der Waals surface area contributed by atoms with Crippen LogP contribution in [0.25, 0.3) is 0 Å². The fraction of sp³-hybridized carbons (Fsp3) is 0.385. The molecule has 0 aliphatic heterocycles. The molecular formula is C13H16ClNO3. The number of alkyl carbamates (subject to hydrolysis) is 1. The molecule has 1 aromatic rings. The number of hydrogen-bond donors (Lipinski definition) is 1. The molecule has 18 heavy (non-hydrogen) atoms. The monoisotopic (exact) mass is 269 g/mol. The average molecular weight is 270 g/mol. The van der Waals surface area contributed by atoms with Crippen LogP contribution in [0.1, 0.15) is 32.4 Å². The van der Waals surface area contributed by atoms with Crippen LogP contribution < -0.4 is 5.32 Å². The van der Waals surface area contributed by atoms with Crippen LogP contribution in [0.4, 0.5) is 4.79 Å². The molecule has 0 saturated carbocycles. The van der Waals surface area contributed by atoms with Crippen LogP contribution in [-0.4, -0.2) is 18.0 Å². The first-order chi connectivity index (χ1) is 8.31. The maximum Gasteiger partial charge on any atom is 0.408 e. The van der Waals surface area contributed by atoms with Crippen molar-refractivity contribution in [3.05, 3.63) is 34.9 Å². The molecule has 1 amide bonds. The van der Waals surface area contributed by atoms with Gasteiger partial charge in [-0.05, 0) is 38.5 Å². The molecule has 0 aliphatic rings. The number of carbonyl (C=O) groups excluding carboxylic acids is 2. The molecule has 0 saturated heterocycles. The number of ether oxygens (including phenoxy) is 1. The largest absolute Gasteiger partial charge is 0.444 e. The molecule has 1 rings (SSSR count). The van der Waals surface area contributed by atoms with E-state index >= 15 is 0 Å². The summed E-state index contributed by atoms with van der Waals surface area (Å²) in [5, 5.41) is 3.06. The van der Waals surface area contributed by atoms with E-state index in [0.717, 1.165) is 0 Å². The van der Waals surface area contributed by atoms with Gasteiger partial charge in [0, 0.05) is 5.02 Å². The summed E-state index contributed by atoms with van der Waals surface area (Å²) in [4.78, 5) is 22.5. The van der Waals surface area contributed by atoms with Crippen molar-refractivity contribution in [2.24, 2.45) is 0 Å². The van der Waals surface area contributed by atoms with Crippen LogP contribution in [-0.2, 0) is 9.53 Å². The Bertz CT molecular complexity index is 423. The van der Waals surface area contributed by atoms with Crippen molar-refractivity contribution >= 4 is 24.0 Å². The Morgan fingerprint density at radius 3 is 2.33 bits per heavy atom. The van der Waals surface area contributed by atoms with Crippen LogP contribution in [0.3, 0.4) is 0 Å². The molecule has 0 radical (unpaired) electrons. The van der Waals surface area contributed by atoms with Gasteiger partial charge >= 0.3 is 6.09 Å². The number of aldehydes is 1. The summed E-state index contributed by atoms with van der Waals surface area (Å²) < 4.78 is 5.08. The Hall–Kier alpha value is -1.55. The number of amides is 1. The van der Waals surface area contributed by atoms with Gasteiger partial charge in [0.2, 0.25) is 0 Å². The average Bonchev–Trinajstić information content (AvgIpc) is 2.25. The van der Waals surface area contributed by atoms with E-state index in [4.69, 9.17) is 16.3 Å². The minimum absolute atomic E-state index is 0.570. The third kappa shape index (κ3) is 4.75. The zero-order valence-electron chi connectivity index (χ0n) is 10.6. The zero-order chi connectivity index (χ0) is 13.8. The molecule has 0 spiro atoms. The third-order valence-electron chi connectivity index (χ3n) is 2.04. The highest BCUT2D eigenvalue weighted by molar-refractivity contribution is 6.30. The van der Waals surface area contributed by atoms with Crippen LogP contribution in [0.15, 0.2) is 24.3 Å². The van der Waals surface area contributed by atoms with Crippen molar-refractivity contribution in [3.63, 3.8) is 0 Å². The summed E-state index contributed by atoms with van der Waals surface area (Å²) >= 11 is 5.75. The highest BCUT2D eigenvalue weighted by Crippen LogP contribution is 2.16. The van der Waals surface area contributed by atoms with Crippen molar-refractivity contribution in [1.29, 1.82) is 0 Å². The van der Waals surface area contributed by atoms with Gasteiger partial charge in [-0.1, -0.05) is 23.7 Å². The summed E-state index contributed by atoms with van der Waals surface area (Å²) in [6.45, 7) is 5.26. The number of nitrogens with one attached hydrogen (secondary N) is 1. The zero-order valence-corrected chi connectivity index (χ0v) is 11.3. The summed E-state index contributed by atoms with van der Waals surface area (Å²) in [6, 6.07) is 5.93. The van der Waals surface area contributed by atoms with Crippen molar-refractivity contribution in [2.75, 3.05) is 0 Å². The molecule has 98 valence electrons. The van der Waals surface area contributed by atoms with E-state index in [-0.39, 0.29) is 0 Å². The molecule has 1 N–H and O–H groups in total. The van der Waals surface area contributed by atoms with E-state index in [0.29, 0.717) is 16.9 Å². The molecule has 1 atom stereocenters. The molecule has 0 bridgehead atoms. The van der Waals surface area contributed by atoms with Crippen molar-refractivity contribution in [2.45, 2.75) is 32.4 Å². The van der Waals surface area contributed by atoms with Crippen LogP contribution in [0, 0.1) is 0 Å². The second-order valence-electron chi connectivity index (χ2n) is 4.81. The Morgan fingerprint density at radius 2 is 1.89 bits per heavy atom. The topological polar surface area (TPSA) is 55.4 Å². The first-order valence-electron chi connectivity index (χ1n) is 5.52. The second kappa shape index (κ2) is 5.87. The molecule has 0 fully saturated rings. The summed E-state index contributed by atoms with van der Waals surface area (Å²) in [7, 11) is 0. The smallest absolute Gasteiger partial charge is 0.408 e. The fourth-order valence-corrected chi connectivity index (χ4v) is 1.43. The minimum Gasteiger partial charge on any atom is -0.444 e. The molecule has 1 aromatic carbocycles. The number of benzene rings is 1. The number of carbonyl (C=O) groups is 2. The van der Waals surface area contributed by atoms with E-state index in [2.05, 4.69) is 5.32 Å². The van der Waals surface area contributed by atoms with Crippen LogP contribution >= 0.6 is 11.6 Å². The highest BCUT2D eigenvalue weighted by Gasteiger charge is 2.20. The Kier molecular flexibility index (Phi) is 4.73. The van der Waals surface area contributed by atoms with Crippen LogP contribution in [0.2, 0.25) is 5.02 Å². The maximum atomic E-state index is 11.5. The predicted octanol–water partition coefficient (Wildman–Crippen LogP) is 3.10. The lowest BCUT2D eigenvalue weighted by Gasteiger charge is -2.21. The molecule has 1 unspecified atom stereocenters. The van der Waals surface area contributed by atoms with Gasteiger partial charge < -0.3 is 14.8 Å². The van der Waals surface area contributed by atoms with Gasteiger partial charge in [0.05, 0.1) is 0 Å². The quantitative estimate of drug-likeness (QED) is 0.858. The van der Waals surface area contributed by atoms with Gasteiger partial charge in [-0.15, -0.1) is 0 Å². The lowest BCUT2D eigenvalue weighted by atomic mass is 10.1. The molecule has 4 nitrogen and oxygen atoms in total. The van der Waals surface area contributed by atoms with Gasteiger partial charge in [-0.2, -0.15) is 0 Å². The molecule has 0 heterocycles. The maximum absolute atomic E-state index is 11.5. The lowest BCUT2D eigenvalue weighted by molar-refractivity contribution is -0.109. The number of rotatable bonds is 3. The Balaban J connectivity index is 2.71. The molecular weight excluding hydrogens is 254 g/mol. The third-order valence-corrected chi connectivity index (χ3v) is 2.29.